The predicted octanol–water partition coefficient (Wildman–Crippen LogP) is 2.95. The third-order valence-corrected chi connectivity index (χ3v) is 2.68. The van der Waals surface area contributed by atoms with Crippen molar-refractivity contribution in [1.29, 1.82) is 0 Å². The van der Waals surface area contributed by atoms with E-state index in [0.29, 0.717) is 12.5 Å². The maximum Gasteiger partial charge on any atom is 0.193 e. The van der Waals surface area contributed by atoms with E-state index in [1.807, 2.05) is 30.3 Å². The number of aliphatic imine (C=N–C) groups is 1. The van der Waals surface area contributed by atoms with E-state index in [4.69, 9.17) is 10.5 Å². The number of ether oxygens (including phenoxy) is 1. The molecule has 0 aliphatic carbocycles. The summed E-state index contributed by atoms with van der Waals surface area (Å²) in [4.78, 5) is 4.22. The van der Waals surface area contributed by atoms with Crippen molar-refractivity contribution in [1.82, 2.24) is 0 Å². The zero-order valence-electron chi connectivity index (χ0n) is 11.6. The molecule has 2 aromatic rings. The quantitative estimate of drug-likeness (QED) is 0.420. The molecule has 0 saturated carbocycles. The molecular formula is C15H18IN3O2. The first-order valence-corrected chi connectivity index (χ1v) is 6.16. The second-order valence-corrected chi connectivity index (χ2v) is 4.23. The second kappa shape index (κ2) is 8.35. The van der Waals surface area contributed by atoms with Gasteiger partial charge >= 0.3 is 0 Å². The molecule has 2 aromatic carbocycles. The van der Waals surface area contributed by atoms with Crippen LogP contribution in [0.15, 0.2) is 53.5 Å². The lowest BCUT2D eigenvalue weighted by molar-refractivity contribution is 0.415. The molecule has 0 spiro atoms. The van der Waals surface area contributed by atoms with Crippen LogP contribution in [-0.4, -0.2) is 18.2 Å². The van der Waals surface area contributed by atoms with Gasteiger partial charge < -0.3 is 20.9 Å². The van der Waals surface area contributed by atoms with Crippen molar-refractivity contribution in [3.05, 3.63) is 54.1 Å². The molecule has 21 heavy (non-hydrogen) atoms. The molecule has 4 N–H and O–H groups in total. The monoisotopic (exact) mass is 399 g/mol. The zero-order valence-corrected chi connectivity index (χ0v) is 13.9. The van der Waals surface area contributed by atoms with Crippen molar-refractivity contribution in [2.45, 2.75) is 6.54 Å². The molecule has 0 aromatic heterocycles. The number of hydrogen-bond acceptors (Lipinski definition) is 3. The summed E-state index contributed by atoms with van der Waals surface area (Å²) >= 11 is 0. The van der Waals surface area contributed by atoms with Crippen molar-refractivity contribution in [3.8, 4) is 11.5 Å². The molecule has 0 fully saturated rings. The Morgan fingerprint density at radius 2 is 2.00 bits per heavy atom. The van der Waals surface area contributed by atoms with Gasteiger partial charge in [0.15, 0.2) is 5.96 Å². The summed E-state index contributed by atoms with van der Waals surface area (Å²) in [6.07, 6.45) is 0. The SMILES string of the molecule is COc1cccc(NC(N)=NCc2cccc(O)c2)c1.I. The fourth-order valence-electron chi connectivity index (χ4n) is 1.72. The van der Waals surface area contributed by atoms with E-state index in [1.54, 1.807) is 25.3 Å². The van der Waals surface area contributed by atoms with E-state index < -0.39 is 0 Å². The van der Waals surface area contributed by atoms with Crippen LogP contribution in [0, 0.1) is 0 Å². The van der Waals surface area contributed by atoms with E-state index in [-0.39, 0.29) is 29.7 Å². The smallest absolute Gasteiger partial charge is 0.193 e. The Kier molecular flexibility index (Phi) is 6.80. The molecule has 0 atom stereocenters. The number of phenols is 1. The average Bonchev–Trinajstić information content (AvgIpc) is 2.45. The van der Waals surface area contributed by atoms with Crippen molar-refractivity contribution in [2.24, 2.45) is 10.7 Å². The topological polar surface area (TPSA) is 79.9 Å². The molecule has 0 heterocycles. The van der Waals surface area contributed by atoms with Crippen LogP contribution in [0.5, 0.6) is 11.5 Å². The number of nitrogens with one attached hydrogen (secondary N) is 1. The molecule has 2 rings (SSSR count). The van der Waals surface area contributed by atoms with Crippen LogP contribution < -0.4 is 15.8 Å². The van der Waals surface area contributed by atoms with E-state index in [9.17, 15) is 5.11 Å². The molecule has 0 radical (unpaired) electrons. The number of rotatable bonds is 4. The summed E-state index contributed by atoms with van der Waals surface area (Å²) in [5, 5.41) is 12.3. The first-order valence-electron chi connectivity index (χ1n) is 6.16. The summed E-state index contributed by atoms with van der Waals surface area (Å²) in [5.41, 5.74) is 7.51. The molecule has 0 amide bonds. The Morgan fingerprint density at radius 3 is 2.71 bits per heavy atom. The third kappa shape index (κ3) is 5.50. The highest BCUT2D eigenvalue weighted by atomic mass is 127. The number of phenolic OH excluding ortho intramolecular Hbond substituents is 1. The summed E-state index contributed by atoms with van der Waals surface area (Å²) in [5.74, 6) is 1.27. The van der Waals surface area contributed by atoms with Gasteiger partial charge in [-0.25, -0.2) is 4.99 Å². The van der Waals surface area contributed by atoms with Gasteiger partial charge in [-0.05, 0) is 29.8 Å². The first kappa shape index (κ1) is 17.1. The minimum atomic E-state index is 0. The standard InChI is InChI=1S/C15H17N3O2.HI/c1-20-14-7-3-5-12(9-14)18-15(16)17-10-11-4-2-6-13(19)8-11;/h2-9,19H,10H2,1H3,(H3,16,17,18);1H. The van der Waals surface area contributed by atoms with Gasteiger partial charge in [-0.15, -0.1) is 24.0 Å². The van der Waals surface area contributed by atoms with E-state index in [0.717, 1.165) is 17.0 Å². The van der Waals surface area contributed by atoms with Crippen LogP contribution in [0.25, 0.3) is 0 Å². The highest BCUT2D eigenvalue weighted by Gasteiger charge is 1.98. The fourth-order valence-corrected chi connectivity index (χ4v) is 1.72. The van der Waals surface area contributed by atoms with Gasteiger partial charge in [0.2, 0.25) is 0 Å². The molecule has 0 aliphatic rings. The minimum Gasteiger partial charge on any atom is -0.508 e. The van der Waals surface area contributed by atoms with Crippen LogP contribution in [0.2, 0.25) is 0 Å². The molecule has 5 nitrogen and oxygen atoms in total. The lowest BCUT2D eigenvalue weighted by Crippen LogP contribution is -2.22. The first-order chi connectivity index (χ1) is 9.67. The van der Waals surface area contributed by atoms with Gasteiger partial charge in [0.25, 0.3) is 0 Å². The maximum absolute atomic E-state index is 9.36. The summed E-state index contributed by atoms with van der Waals surface area (Å²) in [7, 11) is 1.61. The summed E-state index contributed by atoms with van der Waals surface area (Å²) < 4.78 is 5.13. The number of nitrogens with two attached hydrogens (primary N) is 1. The summed E-state index contributed by atoms with van der Waals surface area (Å²) in [6.45, 7) is 0.400. The number of guanidine groups is 1. The Balaban J connectivity index is 0.00000220. The van der Waals surface area contributed by atoms with Crippen LogP contribution >= 0.6 is 24.0 Å². The molecule has 112 valence electrons. The number of anilines is 1. The number of benzene rings is 2. The van der Waals surface area contributed by atoms with Gasteiger partial charge in [-0.3, -0.25) is 0 Å². The van der Waals surface area contributed by atoms with E-state index >= 15 is 0 Å². The van der Waals surface area contributed by atoms with Gasteiger partial charge in [0, 0.05) is 11.8 Å². The predicted molar refractivity (Wildman–Crippen MR) is 95.5 cm³/mol. The van der Waals surface area contributed by atoms with Crippen LogP contribution in [-0.2, 0) is 6.54 Å². The Bertz CT molecular complexity index is 617. The zero-order chi connectivity index (χ0) is 14.4. The Labute approximate surface area is 140 Å². The van der Waals surface area contributed by atoms with E-state index in [2.05, 4.69) is 10.3 Å². The van der Waals surface area contributed by atoms with Crippen molar-refractivity contribution < 1.29 is 9.84 Å². The van der Waals surface area contributed by atoms with E-state index in [1.165, 1.54) is 0 Å². The maximum atomic E-state index is 9.36. The van der Waals surface area contributed by atoms with Crippen LogP contribution in [0.4, 0.5) is 5.69 Å². The third-order valence-electron chi connectivity index (χ3n) is 2.68. The molecular weight excluding hydrogens is 381 g/mol. The molecule has 0 bridgehead atoms. The molecule has 0 aliphatic heterocycles. The van der Waals surface area contributed by atoms with Gasteiger partial charge in [0.05, 0.1) is 13.7 Å². The van der Waals surface area contributed by atoms with Crippen molar-refractivity contribution >= 4 is 35.6 Å². The average molecular weight is 399 g/mol. The van der Waals surface area contributed by atoms with Crippen LogP contribution in [0.3, 0.4) is 0 Å². The summed E-state index contributed by atoms with van der Waals surface area (Å²) in [6, 6.07) is 14.3. The number of aromatic hydroxyl groups is 1. The fraction of sp³-hybridized carbons (Fsp3) is 0.133. The minimum absolute atomic E-state index is 0. The number of halogens is 1. The lowest BCUT2D eigenvalue weighted by Gasteiger charge is -2.07. The Hall–Kier alpha value is -1.96. The van der Waals surface area contributed by atoms with Crippen molar-refractivity contribution in [2.75, 3.05) is 12.4 Å². The van der Waals surface area contributed by atoms with Gasteiger partial charge in [-0.1, -0.05) is 18.2 Å². The normalized spacial score (nSPS) is 10.6. The molecule has 0 saturated heterocycles. The van der Waals surface area contributed by atoms with Crippen molar-refractivity contribution in [3.63, 3.8) is 0 Å². The number of methoxy groups -OCH3 is 1. The highest BCUT2D eigenvalue weighted by molar-refractivity contribution is 14.0. The lowest BCUT2D eigenvalue weighted by atomic mass is 10.2. The number of hydrogen-bond donors (Lipinski definition) is 3. The number of nitrogens with zero attached hydrogens (tertiary/aromatic N) is 1. The molecule has 6 heteroatoms. The van der Waals surface area contributed by atoms with Crippen LogP contribution in [0.1, 0.15) is 5.56 Å². The highest BCUT2D eigenvalue weighted by Crippen LogP contribution is 2.16. The molecule has 0 unspecified atom stereocenters. The second-order valence-electron chi connectivity index (χ2n) is 4.23. The van der Waals surface area contributed by atoms with Gasteiger partial charge in [0.1, 0.15) is 11.5 Å². The largest absolute Gasteiger partial charge is 0.508 e. The Morgan fingerprint density at radius 1 is 1.24 bits per heavy atom. The van der Waals surface area contributed by atoms with Gasteiger partial charge in [-0.2, -0.15) is 0 Å².